The van der Waals surface area contributed by atoms with E-state index in [2.05, 4.69) is 0 Å². The van der Waals surface area contributed by atoms with Crippen LogP contribution in [0, 0.1) is 0 Å². The Hall–Kier alpha value is -0.343. The zero-order valence-corrected chi connectivity index (χ0v) is 15.3. The van der Waals surface area contributed by atoms with Gasteiger partial charge in [-0.05, 0) is 5.04 Å². The van der Waals surface area contributed by atoms with Gasteiger partial charge in [0.1, 0.15) is 0 Å². The number of sulfonamides is 2. The minimum Gasteiger partial charge on any atom is -0.205 e. The molecule has 0 radical (unpaired) electrons. The van der Waals surface area contributed by atoms with E-state index in [0.29, 0.717) is 0 Å². The van der Waals surface area contributed by atoms with Crippen LogP contribution >= 0.6 is 0 Å². The molecule has 138 valence electrons. The molecule has 0 aromatic rings. The molecule has 0 saturated carbocycles. The Balaban J connectivity index is 4.01. The second kappa shape index (κ2) is 4.63. The second-order valence-corrected chi connectivity index (χ2v) is 16.2. The lowest BCUT2D eigenvalue weighted by atomic mass is 10.2. The van der Waals surface area contributed by atoms with Gasteiger partial charge in [-0.15, -0.1) is 3.38 Å². The molecular weight excluding hydrogens is 392 g/mol. The molecule has 0 amide bonds. The summed E-state index contributed by atoms with van der Waals surface area (Å²) in [4.78, 5) is 0. The Morgan fingerprint density at radius 1 is 0.783 bits per heavy atom. The predicted molar refractivity (Wildman–Crippen MR) is 71.7 cm³/mol. The Kier molecular flexibility index (Phi) is 4.17. The first kappa shape index (κ1) is 20.7. The first-order valence-corrected chi connectivity index (χ1v) is 11.9. The minimum atomic E-state index is -6.60. The van der Waals surface area contributed by atoms with Gasteiger partial charge >= 0.3 is 16.4 Å². The molecule has 0 unspecified atom stereocenters. The van der Waals surface area contributed by atoms with Gasteiger partial charge in [0.25, 0.3) is 20.0 Å². The zero-order chi connectivity index (χ0) is 19.1. The lowest BCUT2D eigenvalue weighted by Gasteiger charge is -2.49. The Morgan fingerprint density at radius 2 is 1.04 bits per heavy atom. The van der Waals surface area contributed by atoms with Gasteiger partial charge < -0.3 is 0 Å². The van der Waals surface area contributed by atoms with E-state index in [9.17, 15) is 43.2 Å². The van der Waals surface area contributed by atoms with Gasteiger partial charge in [0.15, 0.2) is 8.24 Å². The second-order valence-electron chi connectivity index (χ2n) is 6.62. The third kappa shape index (κ3) is 2.13. The smallest absolute Gasteiger partial charge is 0.205 e. The van der Waals surface area contributed by atoms with E-state index in [4.69, 9.17) is 0 Å². The van der Waals surface area contributed by atoms with Crippen molar-refractivity contribution in [3.63, 3.8) is 0 Å². The first-order chi connectivity index (χ1) is 9.62. The maximum Gasteiger partial charge on any atom is 0.428 e. The third-order valence-electron chi connectivity index (χ3n) is 4.11. The number of rotatable bonds is 1. The Bertz CT molecular complexity index is 678. The van der Waals surface area contributed by atoms with Crippen LogP contribution in [0.4, 0.5) is 26.3 Å². The summed E-state index contributed by atoms with van der Waals surface area (Å²) < 4.78 is 128. The van der Waals surface area contributed by atoms with Crippen LogP contribution in [0.15, 0.2) is 0 Å². The normalized spacial score (nSPS) is 29.2. The van der Waals surface area contributed by atoms with E-state index in [1.54, 1.807) is 0 Å². The molecule has 0 atom stereocenters. The monoisotopic (exact) mass is 407 g/mol. The molecule has 1 heterocycles. The molecule has 1 rings (SSSR count). The summed E-state index contributed by atoms with van der Waals surface area (Å²) in [7, 11) is -17.3. The van der Waals surface area contributed by atoms with Crippen LogP contribution in [0.2, 0.25) is 18.1 Å². The average Bonchev–Trinajstić information content (AvgIpc) is 2.23. The van der Waals surface area contributed by atoms with Gasteiger partial charge in [0.05, 0.1) is 0 Å². The largest absolute Gasteiger partial charge is 0.428 e. The Labute approximate surface area is 130 Å². The molecule has 14 heteroatoms. The first-order valence-electron chi connectivity index (χ1n) is 6.05. The topological polar surface area (TPSA) is 71.5 Å². The summed E-state index contributed by atoms with van der Waals surface area (Å²) in [6.07, 6.45) is 0. The summed E-state index contributed by atoms with van der Waals surface area (Å²) >= 11 is 0. The van der Waals surface area contributed by atoms with Gasteiger partial charge in [-0.2, -0.15) is 26.3 Å². The van der Waals surface area contributed by atoms with Gasteiger partial charge in [-0.25, -0.2) is 16.8 Å². The number of hydrogen-bond donors (Lipinski definition) is 0. The highest BCUT2D eigenvalue weighted by Crippen LogP contribution is 2.59. The summed E-state index contributed by atoms with van der Waals surface area (Å²) in [6.45, 7) is 5.56. The lowest BCUT2D eigenvalue weighted by Crippen LogP contribution is -2.76. The van der Waals surface area contributed by atoms with Gasteiger partial charge in [-0.3, -0.25) is 0 Å². The van der Waals surface area contributed by atoms with E-state index in [1.165, 1.54) is 20.8 Å². The number of nitrogens with zero attached hydrogens (tertiary/aromatic N) is 1. The molecule has 1 aliphatic heterocycles. The fourth-order valence-electron chi connectivity index (χ4n) is 1.71. The van der Waals surface area contributed by atoms with Crippen molar-refractivity contribution in [2.75, 3.05) is 0 Å². The van der Waals surface area contributed by atoms with Gasteiger partial charge in [0.2, 0.25) is 0 Å². The fourth-order valence-corrected chi connectivity index (χ4v) is 12.4. The van der Waals surface area contributed by atoms with Crippen LogP contribution in [-0.4, -0.2) is 44.9 Å². The fraction of sp³-hybridized carbons (Fsp3) is 1.00. The maximum atomic E-state index is 13.7. The molecule has 5 nitrogen and oxygen atoms in total. The lowest BCUT2D eigenvalue weighted by molar-refractivity contribution is -0.248. The van der Waals surface area contributed by atoms with Crippen molar-refractivity contribution in [3.8, 4) is 0 Å². The zero-order valence-electron chi connectivity index (χ0n) is 12.7. The molecule has 0 aromatic carbocycles. The van der Waals surface area contributed by atoms with E-state index in [1.807, 2.05) is 0 Å². The molecule has 23 heavy (non-hydrogen) atoms. The third-order valence-corrected chi connectivity index (χ3v) is 16.7. The molecule has 1 fully saturated rings. The van der Waals surface area contributed by atoms with Crippen molar-refractivity contribution < 1.29 is 43.2 Å². The molecular formula is C9H15F6NO4S2Si. The highest BCUT2D eigenvalue weighted by Gasteiger charge is 2.89. The van der Waals surface area contributed by atoms with Crippen molar-refractivity contribution in [2.45, 2.75) is 55.3 Å². The molecule has 1 saturated heterocycles. The van der Waals surface area contributed by atoms with Crippen LogP contribution in [0.3, 0.4) is 0 Å². The van der Waals surface area contributed by atoms with E-state index >= 15 is 0 Å². The van der Waals surface area contributed by atoms with Crippen molar-refractivity contribution >= 4 is 28.3 Å². The molecule has 0 N–H and O–H groups in total. The van der Waals surface area contributed by atoms with Crippen LogP contribution in [-0.2, 0) is 20.0 Å². The van der Waals surface area contributed by atoms with Crippen molar-refractivity contribution in [1.82, 2.24) is 3.38 Å². The van der Waals surface area contributed by atoms with Crippen LogP contribution < -0.4 is 0 Å². The highest BCUT2D eigenvalue weighted by atomic mass is 32.3. The molecule has 0 aliphatic carbocycles. The average molecular weight is 407 g/mol. The summed E-state index contributed by atoms with van der Waals surface area (Å²) in [5.41, 5.74) is 0. The number of halogens is 6. The predicted octanol–water partition coefficient (Wildman–Crippen LogP) is 2.79. The van der Waals surface area contributed by atoms with Crippen LogP contribution in [0.1, 0.15) is 20.8 Å². The standard InChI is InChI=1S/C9H15F6NO4S2Si/c1-6(2,3)23(4,5)16-21(17,18)8(12,13)7(10,11)9(14,15)22(16,19)20/h1-5H3. The van der Waals surface area contributed by atoms with Crippen LogP contribution in [0.5, 0.6) is 0 Å². The van der Waals surface area contributed by atoms with E-state index in [-0.39, 0.29) is 0 Å². The summed E-state index contributed by atoms with van der Waals surface area (Å²) in [6, 6.07) is 0. The number of hydrogen-bond acceptors (Lipinski definition) is 4. The van der Waals surface area contributed by atoms with Crippen molar-refractivity contribution in [2.24, 2.45) is 0 Å². The summed E-state index contributed by atoms with van der Waals surface area (Å²) in [5, 5.41) is -13.9. The molecule has 0 bridgehead atoms. The van der Waals surface area contributed by atoms with Crippen molar-refractivity contribution in [3.05, 3.63) is 0 Å². The quantitative estimate of drug-likeness (QED) is 0.495. The van der Waals surface area contributed by atoms with Crippen molar-refractivity contribution in [1.29, 1.82) is 0 Å². The molecule has 1 aliphatic rings. The number of alkyl halides is 6. The maximum absolute atomic E-state index is 13.7. The minimum absolute atomic E-state index is 0.914. The SMILES string of the molecule is CC(C)(C)[Si](C)(C)N1S(=O)(=O)C(F)(F)C(F)(F)C(F)(F)S1(=O)=O. The van der Waals surface area contributed by atoms with Gasteiger partial charge in [-0.1, -0.05) is 33.9 Å². The van der Waals surface area contributed by atoms with E-state index < -0.39 is 53.1 Å². The van der Waals surface area contributed by atoms with Gasteiger partial charge in [0, 0.05) is 0 Å². The van der Waals surface area contributed by atoms with Crippen LogP contribution in [0.25, 0.3) is 0 Å². The Morgan fingerprint density at radius 3 is 1.26 bits per heavy atom. The summed E-state index contributed by atoms with van der Waals surface area (Å²) in [5.74, 6) is -6.60. The molecule has 0 spiro atoms. The highest BCUT2D eigenvalue weighted by molar-refractivity contribution is 8.07. The van der Waals surface area contributed by atoms with E-state index in [0.717, 1.165) is 13.1 Å². The molecule has 0 aromatic heterocycles.